The highest BCUT2D eigenvalue weighted by atomic mass is 16.5. The smallest absolute Gasteiger partial charge is 0.328 e. The van der Waals surface area contributed by atoms with Gasteiger partial charge in [-0.2, -0.15) is 4.98 Å². The van der Waals surface area contributed by atoms with Crippen molar-refractivity contribution in [3.8, 4) is 11.4 Å². The van der Waals surface area contributed by atoms with Crippen LogP contribution in [0.3, 0.4) is 0 Å². The molecule has 26 heavy (non-hydrogen) atoms. The van der Waals surface area contributed by atoms with Crippen LogP contribution >= 0.6 is 0 Å². The lowest BCUT2D eigenvalue weighted by molar-refractivity contribution is -0.122. The number of hydrogen-bond acceptors (Lipinski definition) is 7. The van der Waals surface area contributed by atoms with Gasteiger partial charge in [0, 0.05) is 29.7 Å². The van der Waals surface area contributed by atoms with Gasteiger partial charge in [-0.05, 0) is 26.0 Å². The number of aryl methyl sites for hydroxylation is 1. The van der Waals surface area contributed by atoms with E-state index in [1.807, 2.05) is 0 Å². The molecule has 0 saturated carbocycles. The second kappa shape index (κ2) is 7.13. The lowest BCUT2D eigenvalue weighted by Gasteiger charge is -2.11. The van der Waals surface area contributed by atoms with Gasteiger partial charge in [-0.15, -0.1) is 0 Å². The summed E-state index contributed by atoms with van der Waals surface area (Å²) in [5.74, 6) is 0.181. The number of amides is 1. The summed E-state index contributed by atoms with van der Waals surface area (Å²) in [5.41, 5.74) is -0.0520. The van der Waals surface area contributed by atoms with E-state index in [1.165, 1.54) is 6.20 Å². The van der Waals surface area contributed by atoms with E-state index < -0.39 is 23.2 Å². The first-order valence-electron chi connectivity index (χ1n) is 7.78. The Morgan fingerprint density at radius 3 is 2.81 bits per heavy atom. The summed E-state index contributed by atoms with van der Waals surface area (Å²) >= 11 is 0. The number of H-pyrrole nitrogens is 1. The Morgan fingerprint density at radius 1 is 1.35 bits per heavy atom. The standard InChI is InChI=1S/C16H16N6O4/c1-9-7-22(16(25)20-14(9)24)8-12(23)18-10(2)15-19-13(21-26-15)11-3-5-17-6-4-11/h3-7,10H,8H2,1-2H3,(H,18,23)(H,20,24,25). The number of aromatic nitrogens is 5. The summed E-state index contributed by atoms with van der Waals surface area (Å²) in [6, 6.07) is 2.93. The molecule has 0 aliphatic heterocycles. The number of carbonyl (C=O) groups is 1. The van der Waals surface area contributed by atoms with Gasteiger partial charge in [0.15, 0.2) is 0 Å². The number of hydrogen-bond donors (Lipinski definition) is 2. The average Bonchev–Trinajstić information content (AvgIpc) is 3.10. The molecule has 3 aromatic rings. The molecule has 3 rings (SSSR count). The maximum atomic E-state index is 12.2. The molecule has 3 heterocycles. The van der Waals surface area contributed by atoms with Crippen LogP contribution in [0, 0.1) is 6.92 Å². The van der Waals surface area contributed by atoms with Crippen molar-refractivity contribution < 1.29 is 9.32 Å². The van der Waals surface area contributed by atoms with E-state index in [0.29, 0.717) is 11.4 Å². The molecule has 0 fully saturated rings. The van der Waals surface area contributed by atoms with Crippen LogP contribution in [0.1, 0.15) is 24.4 Å². The van der Waals surface area contributed by atoms with Gasteiger partial charge in [-0.25, -0.2) is 4.79 Å². The van der Waals surface area contributed by atoms with Gasteiger partial charge in [0.1, 0.15) is 12.6 Å². The minimum Gasteiger partial charge on any atom is -0.343 e. The van der Waals surface area contributed by atoms with Gasteiger partial charge in [-0.1, -0.05) is 5.16 Å². The monoisotopic (exact) mass is 356 g/mol. The molecule has 1 unspecified atom stereocenters. The SMILES string of the molecule is Cc1cn(CC(=O)NC(C)c2nc(-c3ccncc3)no2)c(=O)[nH]c1=O. The summed E-state index contributed by atoms with van der Waals surface area (Å²) < 4.78 is 6.30. The number of aromatic amines is 1. The van der Waals surface area contributed by atoms with E-state index in [9.17, 15) is 14.4 Å². The van der Waals surface area contributed by atoms with Gasteiger partial charge in [0.25, 0.3) is 5.56 Å². The minimum absolute atomic E-state index is 0.232. The van der Waals surface area contributed by atoms with Crippen LogP contribution < -0.4 is 16.6 Å². The third-order valence-corrected chi connectivity index (χ3v) is 3.63. The summed E-state index contributed by atoms with van der Waals surface area (Å²) in [6.07, 6.45) is 4.56. The van der Waals surface area contributed by atoms with Crippen molar-refractivity contribution in [2.24, 2.45) is 0 Å². The van der Waals surface area contributed by atoms with Gasteiger partial charge in [0.2, 0.25) is 17.6 Å². The summed E-state index contributed by atoms with van der Waals surface area (Å²) in [4.78, 5) is 45.6. The first kappa shape index (κ1) is 17.3. The Hall–Kier alpha value is -3.56. The van der Waals surface area contributed by atoms with Gasteiger partial charge in [0.05, 0.1) is 0 Å². The minimum atomic E-state index is -0.652. The van der Waals surface area contributed by atoms with Crippen molar-refractivity contribution in [3.63, 3.8) is 0 Å². The number of rotatable bonds is 5. The van der Waals surface area contributed by atoms with Crippen LogP contribution in [0.25, 0.3) is 11.4 Å². The topological polar surface area (TPSA) is 136 Å². The Labute approximate surface area is 146 Å². The number of pyridine rings is 1. The van der Waals surface area contributed by atoms with Crippen molar-refractivity contribution in [3.05, 3.63) is 63.0 Å². The Balaban J connectivity index is 1.68. The van der Waals surface area contributed by atoms with Crippen molar-refractivity contribution in [1.29, 1.82) is 0 Å². The number of carbonyl (C=O) groups excluding carboxylic acids is 1. The van der Waals surface area contributed by atoms with E-state index >= 15 is 0 Å². The van der Waals surface area contributed by atoms with E-state index in [-0.39, 0.29) is 12.4 Å². The molecule has 0 saturated heterocycles. The maximum Gasteiger partial charge on any atom is 0.328 e. The Bertz CT molecular complexity index is 1040. The van der Waals surface area contributed by atoms with Crippen molar-refractivity contribution >= 4 is 5.91 Å². The molecular formula is C16H16N6O4. The van der Waals surface area contributed by atoms with E-state index in [1.54, 1.807) is 38.4 Å². The normalized spacial score (nSPS) is 11.9. The molecule has 0 aliphatic carbocycles. The lowest BCUT2D eigenvalue weighted by Crippen LogP contribution is -2.37. The highest BCUT2D eigenvalue weighted by Gasteiger charge is 2.18. The fourth-order valence-corrected chi connectivity index (χ4v) is 2.27. The molecule has 1 amide bonds. The Kier molecular flexibility index (Phi) is 4.74. The van der Waals surface area contributed by atoms with Crippen molar-refractivity contribution in [1.82, 2.24) is 30.0 Å². The zero-order valence-electron chi connectivity index (χ0n) is 14.1. The largest absolute Gasteiger partial charge is 0.343 e. The van der Waals surface area contributed by atoms with Crippen LogP contribution in [0.5, 0.6) is 0 Å². The average molecular weight is 356 g/mol. The van der Waals surface area contributed by atoms with Gasteiger partial charge < -0.3 is 9.84 Å². The maximum absolute atomic E-state index is 12.2. The second-order valence-corrected chi connectivity index (χ2v) is 5.68. The molecule has 0 radical (unpaired) electrons. The van der Waals surface area contributed by atoms with E-state index in [4.69, 9.17) is 4.52 Å². The molecule has 0 spiro atoms. The first-order valence-corrected chi connectivity index (χ1v) is 7.78. The van der Waals surface area contributed by atoms with Crippen molar-refractivity contribution in [2.45, 2.75) is 26.4 Å². The molecule has 134 valence electrons. The highest BCUT2D eigenvalue weighted by molar-refractivity contribution is 5.76. The third-order valence-electron chi connectivity index (χ3n) is 3.63. The molecule has 10 nitrogen and oxygen atoms in total. The van der Waals surface area contributed by atoms with Crippen LogP contribution in [0.2, 0.25) is 0 Å². The van der Waals surface area contributed by atoms with Crippen LogP contribution in [-0.2, 0) is 11.3 Å². The van der Waals surface area contributed by atoms with Gasteiger partial charge in [-0.3, -0.25) is 24.1 Å². The van der Waals surface area contributed by atoms with Crippen molar-refractivity contribution in [2.75, 3.05) is 0 Å². The number of nitrogens with zero attached hydrogens (tertiary/aromatic N) is 4. The Morgan fingerprint density at radius 2 is 2.08 bits per heavy atom. The predicted molar refractivity (Wildman–Crippen MR) is 90.1 cm³/mol. The zero-order valence-corrected chi connectivity index (χ0v) is 14.1. The summed E-state index contributed by atoms with van der Waals surface area (Å²) in [7, 11) is 0. The molecule has 0 bridgehead atoms. The molecule has 0 aliphatic rings. The fraction of sp³-hybridized carbons (Fsp3) is 0.250. The van der Waals surface area contributed by atoms with Crippen LogP contribution in [0.4, 0.5) is 0 Å². The fourth-order valence-electron chi connectivity index (χ4n) is 2.27. The molecular weight excluding hydrogens is 340 g/mol. The second-order valence-electron chi connectivity index (χ2n) is 5.68. The predicted octanol–water partition coefficient (Wildman–Crippen LogP) is 0.167. The van der Waals surface area contributed by atoms with E-state index in [2.05, 4.69) is 25.4 Å². The summed E-state index contributed by atoms with van der Waals surface area (Å²) in [5, 5.41) is 6.55. The van der Waals surface area contributed by atoms with Crippen LogP contribution in [0.15, 0.2) is 44.8 Å². The number of nitrogens with one attached hydrogen (secondary N) is 2. The van der Waals surface area contributed by atoms with E-state index in [0.717, 1.165) is 10.1 Å². The first-order chi connectivity index (χ1) is 12.4. The third kappa shape index (κ3) is 3.74. The lowest BCUT2D eigenvalue weighted by atomic mass is 10.2. The van der Waals surface area contributed by atoms with Crippen LogP contribution in [-0.4, -0.2) is 30.6 Å². The molecule has 2 N–H and O–H groups in total. The molecule has 1 atom stereocenters. The molecule has 0 aromatic carbocycles. The molecule has 3 aromatic heterocycles. The quantitative estimate of drug-likeness (QED) is 0.665. The summed E-state index contributed by atoms with van der Waals surface area (Å²) in [6.45, 7) is 2.99. The highest BCUT2D eigenvalue weighted by Crippen LogP contribution is 2.17. The van der Waals surface area contributed by atoms with Gasteiger partial charge >= 0.3 is 5.69 Å². The zero-order chi connectivity index (χ0) is 18.7. The molecule has 10 heteroatoms.